The fourth-order valence-electron chi connectivity index (χ4n) is 2.26. The Hall–Kier alpha value is -0.720. The van der Waals surface area contributed by atoms with Crippen molar-refractivity contribution in [1.82, 2.24) is 5.32 Å². The second kappa shape index (κ2) is 7.51. The van der Waals surface area contributed by atoms with E-state index in [2.05, 4.69) is 5.32 Å². The first kappa shape index (κ1) is 16.6. The Morgan fingerprint density at radius 3 is 2.67 bits per heavy atom. The van der Waals surface area contributed by atoms with E-state index in [1.165, 1.54) is 0 Å². The van der Waals surface area contributed by atoms with Gasteiger partial charge in [-0.1, -0.05) is 11.6 Å². The molecule has 1 aliphatic heterocycles. The van der Waals surface area contributed by atoms with Crippen molar-refractivity contribution < 1.29 is 13.2 Å². The van der Waals surface area contributed by atoms with Gasteiger partial charge in [-0.15, -0.1) is 11.8 Å². The molecular weight excluding hydrogens is 330 g/mol. The first-order valence-corrected chi connectivity index (χ1v) is 9.98. The molecule has 0 aliphatic carbocycles. The van der Waals surface area contributed by atoms with Crippen LogP contribution in [0, 0.1) is 5.92 Å². The van der Waals surface area contributed by atoms with Crippen LogP contribution in [0.25, 0.3) is 0 Å². The molecule has 0 radical (unpaired) electrons. The molecule has 1 amide bonds. The highest BCUT2D eigenvalue weighted by atomic mass is 35.5. The highest BCUT2D eigenvalue weighted by Gasteiger charge is 2.29. The number of sulfone groups is 1. The minimum absolute atomic E-state index is 0.0149. The Morgan fingerprint density at radius 1 is 1.33 bits per heavy atom. The lowest BCUT2D eigenvalue weighted by atomic mass is 10.1. The van der Waals surface area contributed by atoms with Crippen molar-refractivity contribution in [3.63, 3.8) is 0 Å². The van der Waals surface area contributed by atoms with Crippen molar-refractivity contribution in [1.29, 1.82) is 0 Å². The van der Waals surface area contributed by atoms with E-state index in [1.54, 1.807) is 11.8 Å². The van der Waals surface area contributed by atoms with Crippen LogP contribution in [-0.4, -0.2) is 38.1 Å². The molecule has 1 aromatic rings. The Morgan fingerprint density at radius 2 is 2.05 bits per heavy atom. The Balaban J connectivity index is 1.62. The maximum absolute atomic E-state index is 11.7. The predicted octanol–water partition coefficient (Wildman–Crippen LogP) is 2.37. The normalized spacial score (nSPS) is 20.3. The summed E-state index contributed by atoms with van der Waals surface area (Å²) in [6, 6.07) is 7.56. The van der Waals surface area contributed by atoms with Gasteiger partial charge in [0.05, 0.1) is 11.5 Å². The highest BCUT2D eigenvalue weighted by Crippen LogP contribution is 2.22. The number of amides is 1. The van der Waals surface area contributed by atoms with Crippen LogP contribution in [0.15, 0.2) is 29.2 Å². The molecule has 2 rings (SSSR count). The lowest BCUT2D eigenvalue weighted by Crippen LogP contribution is -2.27. The molecule has 1 fully saturated rings. The number of benzene rings is 1. The van der Waals surface area contributed by atoms with Crippen LogP contribution in [0.1, 0.15) is 12.8 Å². The van der Waals surface area contributed by atoms with E-state index in [9.17, 15) is 13.2 Å². The number of rotatable bonds is 6. The van der Waals surface area contributed by atoms with E-state index < -0.39 is 9.84 Å². The third-order valence-electron chi connectivity index (χ3n) is 3.31. The van der Waals surface area contributed by atoms with E-state index in [4.69, 9.17) is 11.6 Å². The molecule has 1 saturated heterocycles. The van der Waals surface area contributed by atoms with E-state index in [-0.39, 0.29) is 23.3 Å². The van der Waals surface area contributed by atoms with Gasteiger partial charge in [0.1, 0.15) is 0 Å². The number of halogens is 1. The largest absolute Gasteiger partial charge is 0.355 e. The van der Waals surface area contributed by atoms with Gasteiger partial charge in [-0.25, -0.2) is 8.42 Å². The Labute approximate surface area is 134 Å². The quantitative estimate of drug-likeness (QED) is 0.634. The van der Waals surface area contributed by atoms with Crippen molar-refractivity contribution in [3.8, 4) is 0 Å². The van der Waals surface area contributed by atoms with E-state index in [0.29, 0.717) is 24.4 Å². The summed E-state index contributed by atoms with van der Waals surface area (Å²) in [5.41, 5.74) is 0. The topological polar surface area (TPSA) is 63.2 Å². The van der Waals surface area contributed by atoms with Gasteiger partial charge in [0.2, 0.25) is 5.91 Å². The molecule has 0 saturated carbocycles. The second-order valence-electron chi connectivity index (χ2n) is 5.13. The van der Waals surface area contributed by atoms with Crippen LogP contribution >= 0.6 is 23.4 Å². The monoisotopic (exact) mass is 347 g/mol. The summed E-state index contributed by atoms with van der Waals surface area (Å²) < 4.78 is 22.6. The number of hydrogen-bond acceptors (Lipinski definition) is 4. The SMILES string of the molecule is O=C(CC1CCS(=O)(=O)C1)NCCSc1ccc(Cl)cc1. The summed E-state index contributed by atoms with van der Waals surface area (Å²) in [5, 5.41) is 3.55. The van der Waals surface area contributed by atoms with Gasteiger partial charge in [-0.2, -0.15) is 0 Å². The number of hydrogen-bond donors (Lipinski definition) is 1. The molecule has 1 aromatic carbocycles. The number of carbonyl (C=O) groups excluding carboxylic acids is 1. The van der Waals surface area contributed by atoms with Gasteiger partial charge in [0.25, 0.3) is 0 Å². The predicted molar refractivity (Wildman–Crippen MR) is 86.6 cm³/mol. The average molecular weight is 348 g/mol. The summed E-state index contributed by atoms with van der Waals surface area (Å²) in [4.78, 5) is 12.8. The van der Waals surface area contributed by atoms with Gasteiger partial charge >= 0.3 is 0 Å². The van der Waals surface area contributed by atoms with Crippen molar-refractivity contribution in [2.24, 2.45) is 5.92 Å². The summed E-state index contributed by atoms with van der Waals surface area (Å²) in [7, 11) is -2.90. The Bertz CT molecular complexity index is 587. The third-order valence-corrected chi connectivity index (χ3v) is 6.41. The van der Waals surface area contributed by atoms with Crippen molar-refractivity contribution in [2.75, 3.05) is 23.8 Å². The summed E-state index contributed by atoms with van der Waals surface area (Å²) in [5.74, 6) is 1.07. The first-order valence-electron chi connectivity index (χ1n) is 6.80. The van der Waals surface area contributed by atoms with Crippen molar-refractivity contribution in [3.05, 3.63) is 29.3 Å². The highest BCUT2D eigenvalue weighted by molar-refractivity contribution is 7.99. The molecule has 1 unspecified atom stereocenters. The molecule has 0 spiro atoms. The van der Waals surface area contributed by atoms with Crippen LogP contribution in [0.3, 0.4) is 0 Å². The fraction of sp³-hybridized carbons (Fsp3) is 0.500. The first-order chi connectivity index (χ1) is 9.94. The summed E-state index contributed by atoms with van der Waals surface area (Å²) >= 11 is 7.45. The zero-order chi connectivity index (χ0) is 15.3. The third kappa shape index (κ3) is 5.88. The molecule has 1 N–H and O–H groups in total. The molecular formula is C14H18ClNO3S2. The van der Waals surface area contributed by atoms with Crippen molar-refractivity contribution in [2.45, 2.75) is 17.7 Å². The van der Waals surface area contributed by atoms with Gasteiger partial charge in [0, 0.05) is 28.6 Å². The second-order valence-corrected chi connectivity index (χ2v) is 8.96. The van der Waals surface area contributed by atoms with Crippen LogP contribution in [0.4, 0.5) is 0 Å². The fourth-order valence-corrected chi connectivity index (χ4v) is 5.01. The smallest absolute Gasteiger partial charge is 0.220 e. The minimum atomic E-state index is -2.90. The van der Waals surface area contributed by atoms with E-state index in [0.717, 1.165) is 10.6 Å². The van der Waals surface area contributed by atoms with Gasteiger partial charge in [0.15, 0.2) is 9.84 Å². The van der Waals surface area contributed by atoms with Gasteiger partial charge in [-0.05, 0) is 36.6 Å². The van der Waals surface area contributed by atoms with E-state index >= 15 is 0 Å². The van der Waals surface area contributed by atoms with Crippen molar-refractivity contribution >= 4 is 39.1 Å². The number of thioether (sulfide) groups is 1. The van der Waals surface area contributed by atoms with Gasteiger partial charge in [-0.3, -0.25) is 4.79 Å². The Kier molecular flexibility index (Phi) is 5.96. The standard InChI is InChI=1S/C14H18ClNO3S2/c15-12-1-3-13(4-2-12)20-7-6-16-14(17)9-11-5-8-21(18,19)10-11/h1-4,11H,5-10H2,(H,16,17). The molecule has 1 heterocycles. The lowest BCUT2D eigenvalue weighted by Gasteiger charge is -2.08. The zero-order valence-corrected chi connectivity index (χ0v) is 13.9. The zero-order valence-electron chi connectivity index (χ0n) is 11.5. The summed E-state index contributed by atoms with van der Waals surface area (Å²) in [6.45, 7) is 0.575. The summed E-state index contributed by atoms with van der Waals surface area (Å²) in [6.07, 6.45) is 0.917. The van der Waals surface area contributed by atoms with Crippen LogP contribution in [0.2, 0.25) is 5.02 Å². The van der Waals surface area contributed by atoms with E-state index in [1.807, 2.05) is 24.3 Å². The van der Waals surface area contributed by atoms with Gasteiger partial charge < -0.3 is 5.32 Å². The molecule has 0 aromatic heterocycles. The molecule has 0 bridgehead atoms. The maximum atomic E-state index is 11.7. The maximum Gasteiger partial charge on any atom is 0.220 e. The number of carbonyl (C=O) groups is 1. The lowest BCUT2D eigenvalue weighted by molar-refractivity contribution is -0.121. The minimum Gasteiger partial charge on any atom is -0.355 e. The van der Waals surface area contributed by atoms with Crippen LogP contribution < -0.4 is 5.32 Å². The molecule has 21 heavy (non-hydrogen) atoms. The molecule has 4 nitrogen and oxygen atoms in total. The van der Waals surface area contributed by atoms with Crippen LogP contribution in [-0.2, 0) is 14.6 Å². The van der Waals surface area contributed by atoms with Crippen LogP contribution in [0.5, 0.6) is 0 Å². The molecule has 7 heteroatoms. The number of nitrogens with one attached hydrogen (secondary N) is 1. The molecule has 1 aliphatic rings. The average Bonchev–Trinajstić information content (AvgIpc) is 2.76. The molecule has 1 atom stereocenters. The molecule has 116 valence electrons.